The second-order valence-corrected chi connectivity index (χ2v) is 5.78. The minimum absolute atomic E-state index is 0.153. The molecule has 2 N–H and O–H groups in total. The number of allylic oxidation sites excluding steroid dienone is 3. The van der Waals surface area contributed by atoms with E-state index in [1.54, 1.807) is 6.26 Å². The lowest BCUT2D eigenvalue weighted by Crippen LogP contribution is -2.41. The van der Waals surface area contributed by atoms with E-state index in [4.69, 9.17) is 19.2 Å². The topological polar surface area (TPSA) is 77.0 Å². The molecule has 0 aromatic heterocycles. The van der Waals surface area contributed by atoms with Gasteiger partial charge in [0, 0.05) is 6.54 Å². The monoisotopic (exact) mass is 325 g/mol. The van der Waals surface area contributed by atoms with Gasteiger partial charge in [0.1, 0.15) is 6.61 Å². The molecule has 0 spiro atoms. The van der Waals surface area contributed by atoms with Crippen LogP contribution in [0.2, 0.25) is 0 Å². The molecule has 7 heteroatoms. The second kappa shape index (κ2) is 6.18. The predicted octanol–water partition coefficient (Wildman–Crippen LogP) is 2.00. The zero-order valence-electron chi connectivity index (χ0n) is 12.9. The van der Waals surface area contributed by atoms with E-state index < -0.39 is 19.3 Å². The van der Waals surface area contributed by atoms with Crippen molar-refractivity contribution in [2.45, 2.75) is 6.10 Å². The number of nitrogens with one attached hydrogen (secondary N) is 1. The van der Waals surface area contributed by atoms with E-state index in [9.17, 15) is 4.79 Å². The third kappa shape index (κ3) is 2.62. The predicted molar refractivity (Wildman–Crippen MR) is 88.1 cm³/mol. The van der Waals surface area contributed by atoms with Crippen molar-refractivity contribution < 1.29 is 23.9 Å². The van der Waals surface area contributed by atoms with Crippen LogP contribution in [-0.4, -0.2) is 44.2 Å². The molecule has 4 rings (SSSR count). The fourth-order valence-corrected chi connectivity index (χ4v) is 3.32. The molecular formula is C17H16BNO5. The summed E-state index contributed by atoms with van der Waals surface area (Å²) in [6, 6.07) is 9.84. The SMILES string of the molecule is O=C(O)NCC1OB2OCC3=C2C(=C1c1ccccc1)C=COC3. The molecule has 0 aliphatic carbocycles. The molecule has 3 aliphatic heterocycles. The Hall–Kier alpha value is -2.51. The van der Waals surface area contributed by atoms with E-state index in [1.165, 1.54) is 0 Å². The number of ether oxygens (including phenoxy) is 1. The highest BCUT2D eigenvalue weighted by Gasteiger charge is 2.44. The Morgan fingerprint density at radius 1 is 1.29 bits per heavy atom. The van der Waals surface area contributed by atoms with Gasteiger partial charge in [0.2, 0.25) is 0 Å². The number of hydrogen-bond donors (Lipinski definition) is 2. The number of rotatable bonds is 3. The van der Waals surface area contributed by atoms with Crippen molar-refractivity contribution in [3.8, 4) is 0 Å². The first-order valence-corrected chi connectivity index (χ1v) is 7.78. The molecule has 1 aromatic carbocycles. The minimum Gasteiger partial charge on any atom is -0.497 e. The van der Waals surface area contributed by atoms with Gasteiger partial charge in [-0.15, -0.1) is 0 Å². The lowest BCUT2D eigenvalue weighted by Gasteiger charge is -2.31. The van der Waals surface area contributed by atoms with Crippen molar-refractivity contribution in [2.24, 2.45) is 0 Å². The fourth-order valence-electron chi connectivity index (χ4n) is 3.32. The molecule has 1 aromatic rings. The standard InChI is InChI=1S/C17H16BNO5/c20-17(21)19-8-14-15(11-4-2-1-3-5-11)13-6-7-22-9-12-10-23-18(24-14)16(12)13/h1-7,14,19H,8-10H2,(H,20,21). The Morgan fingerprint density at radius 3 is 2.92 bits per heavy atom. The lowest BCUT2D eigenvalue weighted by atomic mass is 9.68. The van der Waals surface area contributed by atoms with Gasteiger partial charge < -0.3 is 24.5 Å². The zero-order valence-corrected chi connectivity index (χ0v) is 12.9. The zero-order chi connectivity index (χ0) is 16.5. The lowest BCUT2D eigenvalue weighted by molar-refractivity contribution is 0.168. The Morgan fingerprint density at radius 2 is 2.12 bits per heavy atom. The van der Waals surface area contributed by atoms with Crippen molar-refractivity contribution in [3.05, 3.63) is 64.9 Å². The van der Waals surface area contributed by atoms with Gasteiger partial charge in [-0.2, -0.15) is 0 Å². The van der Waals surface area contributed by atoms with E-state index in [2.05, 4.69) is 5.32 Å². The van der Waals surface area contributed by atoms with Crippen molar-refractivity contribution >= 4 is 18.8 Å². The molecule has 3 aliphatic rings. The molecule has 0 saturated heterocycles. The molecule has 0 bridgehead atoms. The Balaban J connectivity index is 1.85. The van der Waals surface area contributed by atoms with Crippen LogP contribution in [-0.2, 0) is 14.0 Å². The van der Waals surface area contributed by atoms with E-state index >= 15 is 0 Å². The normalized spacial score (nSPS) is 22.2. The summed E-state index contributed by atoms with van der Waals surface area (Å²) in [5.74, 6) is 0. The van der Waals surface area contributed by atoms with Crippen LogP contribution in [0.15, 0.2) is 59.3 Å². The van der Waals surface area contributed by atoms with Crippen LogP contribution < -0.4 is 5.32 Å². The third-order valence-corrected chi connectivity index (χ3v) is 4.33. The molecule has 122 valence electrons. The van der Waals surface area contributed by atoms with E-state index in [1.807, 2.05) is 36.4 Å². The van der Waals surface area contributed by atoms with Gasteiger partial charge in [0.15, 0.2) is 0 Å². The van der Waals surface area contributed by atoms with Gasteiger partial charge >= 0.3 is 13.2 Å². The molecule has 3 heterocycles. The van der Waals surface area contributed by atoms with Gasteiger partial charge in [-0.05, 0) is 33.8 Å². The average Bonchev–Trinajstić information content (AvgIpc) is 2.87. The quantitative estimate of drug-likeness (QED) is 0.832. The van der Waals surface area contributed by atoms with Crippen LogP contribution in [0.25, 0.3) is 5.57 Å². The summed E-state index contributed by atoms with van der Waals surface area (Å²) in [5, 5.41) is 11.4. The van der Waals surface area contributed by atoms with Crippen LogP contribution in [0.1, 0.15) is 5.56 Å². The Kier molecular flexibility index (Phi) is 3.88. The maximum atomic E-state index is 10.9. The van der Waals surface area contributed by atoms with Crippen LogP contribution >= 0.6 is 0 Å². The van der Waals surface area contributed by atoms with Crippen LogP contribution in [0, 0.1) is 0 Å². The first-order chi connectivity index (χ1) is 11.7. The maximum absolute atomic E-state index is 10.9. The first kappa shape index (κ1) is 15.0. The molecule has 0 radical (unpaired) electrons. The summed E-state index contributed by atoms with van der Waals surface area (Å²) in [4.78, 5) is 10.9. The summed E-state index contributed by atoms with van der Waals surface area (Å²) in [5.41, 5.74) is 5.01. The minimum atomic E-state index is -1.08. The Labute approximate surface area is 139 Å². The fraction of sp³-hybridized carbons (Fsp3) is 0.235. The van der Waals surface area contributed by atoms with Crippen molar-refractivity contribution in [1.82, 2.24) is 5.32 Å². The summed E-state index contributed by atoms with van der Waals surface area (Å²) in [7, 11) is -0.477. The summed E-state index contributed by atoms with van der Waals surface area (Å²) in [6.07, 6.45) is 2.09. The van der Waals surface area contributed by atoms with E-state index in [0.29, 0.717) is 13.2 Å². The van der Waals surface area contributed by atoms with Crippen molar-refractivity contribution in [2.75, 3.05) is 19.8 Å². The van der Waals surface area contributed by atoms with Gasteiger partial charge in [-0.3, -0.25) is 0 Å². The highest BCUT2D eigenvalue weighted by Crippen LogP contribution is 2.40. The van der Waals surface area contributed by atoms with Gasteiger partial charge in [-0.25, -0.2) is 4.79 Å². The summed E-state index contributed by atoms with van der Waals surface area (Å²) >= 11 is 0. The molecule has 24 heavy (non-hydrogen) atoms. The molecule has 0 saturated carbocycles. The summed E-state index contributed by atoms with van der Waals surface area (Å²) in [6.45, 7) is 1.10. The van der Waals surface area contributed by atoms with Crippen molar-refractivity contribution in [1.29, 1.82) is 0 Å². The number of carboxylic acid groups (broad SMARTS) is 1. The smallest absolute Gasteiger partial charge is 0.495 e. The van der Waals surface area contributed by atoms with Gasteiger partial charge in [0.25, 0.3) is 0 Å². The third-order valence-electron chi connectivity index (χ3n) is 4.33. The maximum Gasteiger partial charge on any atom is 0.495 e. The number of amides is 1. The second-order valence-electron chi connectivity index (χ2n) is 5.78. The Bertz CT molecular complexity index is 756. The van der Waals surface area contributed by atoms with Crippen molar-refractivity contribution in [3.63, 3.8) is 0 Å². The highest BCUT2D eigenvalue weighted by atomic mass is 16.6. The average molecular weight is 325 g/mol. The highest BCUT2D eigenvalue weighted by molar-refractivity contribution is 6.57. The first-order valence-electron chi connectivity index (χ1n) is 7.78. The van der Waals surface area contributed by atoms with Crippen LogP contribution in [0.5, 0.6) is 0 Å². The van der Waals surface area contributed by atoms with Gasteiger partial charge in [0.05, 0.1) is 19.0 Å². The summed E-state index contributed by atoms with van der Waals surface area (Å²) < 4.78 is 17.3. The molecule has 1 amide bonds. The molecule has 1 unspecified atom stereocenters. The molecule has 1 atom stereocenters. The molecule has 0 fully saturated rings. The van der Waals surface area contributed by atoms with E-state index in [-0.39, 0.29) is 6.54 Å². The molecule has 6 nitrogen and oxygen atoms in total. The molecular weight excluding hydrogens is 309 g/mol. The van der Waals surface area contributed by atoms with Gasteiger partial charge in [-0.1, -0.05) is 30.3 Å². The number of hydrogen-bond acceptors (Lipinski definition) is 4. The van der Waals surface area contributed by atoms with Crippen LogP contribution in [0.3, 0.4) is 0 Å². The van der Waals surface area contributed by atoms with Crippen LogP contribution in [0.4, 0.5) is 4.79 Å². The van der Waals surface area contributed by atoms with E-state index in [0.717, 1.165) is 27.8 Å². The number of benzene rings is 1. The number of carbonyl (C=O) groups is 1. The largest absolute Gasteiger partial charge is 0.497 e.